The maximum absolute atomic E-state index is 13.2. The molecule has 0 saturated carbocycles. The molecule has 0 aliphatic carbocycles. The van der Waals surface area contributed by atoms with E-state index in [1.807, 2.05) is 45.0 Å². The topological polar surface area (TPSA) is 84.9 Å². The molecule has 0 saturated heterocycles. The smallest absolute Gasteiger partial charge is 0.244 e. The number of rotatable bonds is 6. The zero-order chi connectivity index (χ0) is 23.0. The van der Waals surface area contributed by atoms with Gasteiger partial charge in [-0.15, -0.1) is 0 Å². The molecule has 0 bridgehead atoms. The summed E-state index contributed by atoms with van der Waals surface area (Å²) >= 11 is 0. The molecule has 7 nitrogen and oxygen atoms in total. The number of sulfonamides is 1. The number of anilines is 1. The average molecular weight is 447 g/mol. The Bertz CT molecular complexity index is 1080. The van der Waals surface area contributed by atoms with Crippen molar-refractivity contribution in [2.75, 3.05) is 17.7 Å². The molecular formula is C23H30N2O5S. The molecule has 168 valence electrons. The standard InChI is InChI=1S/C23H30N2O5S/c1-15-8-7-9-17(12-15)25(31(6,27)28)16(2)22(26)24-20-14-23(3,4)30-21-11-10-18(29-5)13-19(20)21/h7-13,16,20H,14H2,1-6H3,(H,24,26)/t16-,20+/m0/s1. The van der Waals surface area contributed by atoms with Crippen LogP contribution in [-0.4, -0.2) is 39.3 Å². The number of carbonyl (C=O) groups is 1. The SMILES string of the molecule is COc1ccc2c(c1)[C@H](NC(=O)[C@H](C)N(c1cccc(C)c1)S(C)(=O)=O)CC(C)(C)O2. The summed E-state index contributed by atoms with van der Waals surface area (Å²) in [6.07, 6.45) is 1.64. The lowest BCUT2D eigenvalue weighted by Gasteiger charge is -2.39. The number of nitrogens with one attached hydrogen (secondary N) is 1. The number of methoxy groups -OCH3 is 1. The van der Waals surface area contributed by atoms with E-state index in [0.717, 1.165) is 21.7 Å². The van der Waals surface area contributed by atoms with E-state index in [-0.39, 0.29) is 11.9 Å². The molecule has 0 fully saturated rings. The van der Waals surface area contributed by atoms with Gasteiger partial charge in [-0.05, 0) is 63.6 Å². The molecule has 1 heterocycles. The molecule has 2 aromatic rings. The number of hydrogen-bond acceptors (Lipinski definition) is 5. The van der Waals surface area contributed by atoms with Crippen molar-refractivity contribution in [3.63, 3.8) is 0 Å². The van der Waals surface area contributed by atoms with Gasteiger partial charge in [0.15, 0.2) is 0 Å². The highest BCUT2D eigenvalue weighted by Gasteiger charge is 2.37. The molecule has 3 rings (SSSR count). The van der Waals surface area contributed by atoms with Gasteiger partial charge in [-0.2, -0.15) is 0 Å². The van der Waals surface area contributed by atoms with Crippen molar-refractivity contribution in [1.29, 1.82) is 0 Å². The van der Waals surface area contributed by atoms with Gasteiger partial charge in [0, 0.05) is 12.0 Å². The Hall–Kier alpha value is -2.74. The first kappa shape index (κ1) is 22.9. The monoisotopic (exact) mass is 446 g/mol. The van der Waals surface area contributed by atoms with E-state index in [0.29, 0.717) is 23.6 Å². The molecule has 0 spiro atoms. The van der Waals surface area contributed by atoms with E-state index < -0.39 is 21.7 Å². The Morgan fingerprint density at radius 1 is 1.26 bits per heavy atom. The number of carbonyl (C=O) groups excluding carboxylic acids is 1. The molecule has 1 amide bonds. The maximum Gasteiger partial charge on any atom is 0.244 e. The predicted octanol–water partition coefficient (Wildman–Crippen LogP) is 3.58. The summed E-state index contributed by atoms with van der Waals surface area (Å²) in [5, 5.41) is 3.04. The summed E-state index contributed by atoms with van der Waals surface area (Å²) in [6, 6.07) is 11.3. The van der Waals surface area contributed by atoms with E-state index >= 15 is 0 Å². The van der Waals surface area contributed by atoms with E-state index in [9.17, 15) is 13.2 Å². The van der Waals surface area contributed by atoms with Crippen molar-refractivity contribution in [2.24, 2.45) is 0 Å². The molecular weight excluding hydrogens is 416 g/mol. The Kier molecular flexibility index (Phi) is 6.23. The molecule has 1 N–H and O–H groups in total. The first-order chi connectivity index (χ1) is 14.4. The van der Waals surface area contributed by atoms with Gasteiger partial charge in [-0.1, -0.05) is 12.1 Å². The number of aryl methyl sites for hydroxylation is 1. The molecule has 1 aliphatic rings. The van der Waals surface area contributed by atoms with Crippen molar-refractivity contribution in [2.45, 2.75) is 51.8 Å². The van der Waals surface area contributed by atoms with Crippen molar-refractivity contribution < 1.29 is 22.7 Å². The Morgan fingerprint density at radius 3 is 2.58 bits per heavy atom. The number of ether oxygens (including phenoxy) is 2. The van der Waals surface area contributed by atoms with Gasteiger partial charge in [-0.3, -0.25) is 9.10 Å². The third-order valence-corrected chi connectivity index (χ3v) is 6.58. The summed E-state index contributed by atoms with van der Waals surface area (Å²) in [5.74, 6) is 0.948. The Balaban J connectivity index is 1.92. The van der Waals surface area contributed by atoms with Crippen molar-refractivity contribution in [1.82, 2.24) is 5.32 Å². The molecule has 1 aliphatic heterocycles. The molecule has 0 radical (unpaired) electrons. The highest BCUT2D eigenvalue weighted by atomic mass is 32.2. The minimum absolute atomic E-state index is 0.345. The van der Waals surface area contributed by atoms with Crippen LogP contribution < -0.4 is 19.1 Å². The third kappa shape index (κ3) is 5.12. The highest BCUT2D eigenvalue weighted by Crippen LogP contribution is 2.41. The number of benzene rings is 2. The van der Waals surface area contributed by atoms with Crippen LogP contribution in [0.4, 0.5) is 5.69 Å². The molecule has 0 aromatic heterocycles. The molecule has 31 heavy (non-hydrogen) atoms. The van der Waals surface area contributed by atoms with Crippen LogP contribution in [-0.2, 0) is 14.8 Å². The number of nitrogens with zero attached hydrogens (tertiary/aromatic N) is 1. The number of amides is 1. The maximum atomic E-state index is 13.2. The zero-order valence-electron chi connectivity index (χ0n) is 18.8. The zero-order valence-corrected chi connectivity index (χ0v) is 19.6. The lowest BCUT2D eigenvalue weighted by molar-refractivity contribution is -0.123. The molecule has 2 atom stereocenters. The van der Waals surface area contributed by atoms with Crippen molar-refractivity contribution in [3.8, 4) is 11.5 Å². The molecule has 0 unspecified atom stereocenters. The van der Waals surface area contributed by atoms with E-state index in [2.05, 4.69) is 5.32 Å². The van der Waals surface area contributed by atoms with Gasteiger partial charge >= 0.3 is 0 Å². The van der Waals surface area contributed by atoms with Gasteiger partial charge in [0.25, 0.3) is 0 Å². The third-order valence-electron chi connectivity index (χ3n) is 5.34. The second-order valence-electron chi connectivity index (χ2n) is 8.60. The van der Waals surface area contributed by atoms with Gasteiger partial charge < -0.3 is 14.8 Å². The summed E-state index contributed by atoms with van der Waals surface area (Å²) in [7, 11) is -2.11. The lowest BCUT2D eigenvalue weighted by Crippen LogP contribution is -2.50. The van der Waals surface area contributed by atoms with Gasteiger partial charge in [0.1, 0.15) is 23.1 Å². The average Bonchev–Trinajstić information content (AvgIpc) is 2.66. The second-order valence-corrected chi connectivity index (χ2v) is 10.5. The number of hydrogen-bond donors (Lipinski definition) is 1. The van der Waals surface area contributed by atoms with Gasteiger partial charge in [0.2, 0.25) is 15.9 Å². The first-order valence-corrected chi connectivity index (χ1v) is 12.0. The second kappa shape index (κ2) is 8.42. The van der Waals surface area contributed by atoms with Crippen molar-refractivity contribution >= 4 is 21.6 Å². The van der Waals surface area contributed by atoms with E-state index in [4.69, 9.17) is 9.47 Å². The Morgan fingerprint density at radius 2 is 1.97 bits per heavy atom. The largest absolute Gasteiger partial charge is 0.497 e. The fourth-order valence-corrected chi connectivity index (χ4v) is 5.12. The summed E-state index contributed by atoms with van der Waals surface area (Å²) < 4.78 is 37.7. The van der Waals surface area contributed by atoms with E-state index in [1.54, 1.807) is 32.2 Å². The van der Waals surface area contributed by atoms with Gasteiger partial charge in [-0.25, -0.2) is 8.42 Å². The van der Waals surface area contributed by atoms with Crippen LogP contribution in [0.3, 0.4) is 0 Å². The van der Waals surface area contributed by atoms with Crippen LogP contribution in [0.2, 0.25) is 0 Å². The predicted molar refractivity (Wildman–Crippen MR) is 121 cm³/mol. The van der Waals surface area contributed by atoms with Crippen LogP contribution in [0.25, 0.3) is 0 Å². The minimum Gasteiger partial charge on any atom is -0.497 e. The van der Waals surface area contributed by atoms with Crippen LogP contribution in [0.1, 0.15) is 44.4 Å². The highest BCUT2D eigenvalue weighted by molar-refractivity contribution is 7.92. The normalized spacial score (nSPS) is 18.3. The molecule has 8 heteroatoms. The van der Waals surface area contributed by atoms with Crippen LogP contribution in [0, 0.1) is 6.92 Å². The van der Waals surface area contributed by atoms with Crippen LogP contribution in [0.15, 0.2) is 42.5 Å². The summed E-state index contributed by atoms with van der Waals surface area (Å²) in [4.78, 5) is 13.2. The lowest BCUT2D eigenvalue weighted by atomic mass is 9.89. The first-order valence-electron chi connectivity index (χ1n) is 10.1. The minimum atomic E-state index is -3.69. The van der Waals surface area contributed by atoms with Crippen LogP contribution >= 0.6 is 0 Å². The van der Waals surface area contributed by atoms with Crippen LogP contribution in [0.5, 0.6) is 11.5 Å². The molecule has 2 aromatic carbocycles. The summed E-state index contributed by atoms with van der Waals surface area (Å²) in [6.45, 7) is 7.38. The quantitative estimate of drug-likeness (QED) is 0.733. The Labute approximate surface area is 184 Å². The van der Waals surface area contributed by atoms with E-state index in [1.165, 1.54) is 0 Å². The number of fused-ring (bicyclic) bond motifs is 1. The van der Waals surface area contributed by atoms with Gasteiger partial charge in [0.05, 0.1) is 25.1 Å². The fraction of sp³-hybridized carbons (Fsp3) is 0.435. The summed E-state index contributed by atoms with van der Waals surface area (Å²) in [5.41, 5.74) is 1.68. The van der Waals surface area contributed by atoms with Crippen molar-refractivity contribution in [3.05, 3.63) is 53.6 Å². The fourth-order valence-electron chi connectivity index (χ4n) is 3.95.